The zero-order valence-corrected chi connectivity index (χ0v) is 17.4. The molecule has 0 fully saturated rings. The van der Waals surface area contributed by atoms with Crippen molar-refractivity contribution >= 4 is 5.91 Å². The molecule has 0 spiro atoms. The lowest BCUT2D eigenvalue weighted by atomic mass is 10.0. The van der Waals surface area contributed by atoms with Crippen LogP contribution in [0.4, 0.5) is 0 Å². The van der Waals surface area contributed by atoms with E-state index in [1.807, 2.05) is 18.2 Å². The Balaban J connectivity index is 1.61. The van der Waals surface area contributed by atoms with E-state index in [0.29, 0.717) is 37.7 Å². The summed E-state index contributed by atoms with van der Waals surface area (Å²) in [5.41, 5.74) is 0.731. The summed E-state index contributed by atoms with van der Waals surface area (Å²) in [6.07, 6.45) is 9.48. The van der Waals surface area contributed by atoms with E-state index < -0.39 is 6.10 Å². The highest BCUT2D eigenvalue weighted by atomic mass is 16.6. The molecule has 2 atom stereocenters. The largest absolute Gasteiger partial charge is 0.486 e. The number of nitrogens with zero attached hydrogens (tertiary/aromatic N) is 1. The molecule has 0 bridgehead atoms. The predicted molar refractivity (Wildman–Crippen MR) is 113 cm³/mol. The number of aliphatic hydroxyl groups excluding tert-OH is 1. The van der Waals surface area contributed by atoms with Crippen LogP contribution in [0.25, 0.3) is 0 Å². The maximum Gasteiger partial charge on any atom is 0.220 e. The van der Waals surface area contributed by atoms with Crippen LogP contribution in [0.15, 0.2) is 30.4 Å². The van der Waals surface area contributed by atoms with Crippen LogP contribution in [0.1, 0.15) is 57.1 Å². The van der Waals surface area contributed by atoms with Crippen LogP contribution in [0.3, 0.4) is 0 Å². The molecule has 1 amide bonds. The molecule has 0 aromatic heterocycles. The third kappa shape index (κ3) is 6.47. The summed E-state index contributed by atoms with van der Waals surface area (Å²) in [7, 11) is 0. The molecule has 2 heterocycles. The number of nitrogens with one attached hydrogen (secondary N) is 1. The van der Waals surface area contributed by atoms with Gasteiger partial charge < -0.3 is 19.9 Å². The van der Waals surface area contributed by atoms with Gasteiger partial charge in [0.2, 0.25) is 5.91 Å². The fraction of sp³-hybridized carbons (Fsp3) is 0.609. The summed E-state index contributed by atoms with van der Waals surface area (Å²) in [5, 5.41) is 14.2. The first-order valence-electron chi connectivity index (χ1n) is 10.9. The Morgan fingerprint density at radius 3 is 2.59 bits per heavy atom. The highest BCUT2D eigenvalue weighted by Crippen LogP contribution is 2.33. The lowest BCUT2D eigenvalue weighted by Crippen LogP contribution is -2.46. The third-order valence-corrected chi connectivity index (χ3v) is 5.49. The molecule has 1 aromatic rings. The minimum atomic E-state index is -0.810. The molecule has 0 saturated carbocycles. The van der Waals surface area contributed by atoms with Crippen molar-refractivity contribution in [1.82, 2.24) is 10.2 Å². The van der Waals surface area contributed by atoms with Crippen LogP contribution in [0, 0.1) is 0 Å². The van der Waals surface area contributed by atoms with Crippen LogP contribution in [0.2, 0.25) is 0 Å². The molecule has 1 aromatic carbocycles. The Hall–Kier alpha value is -2.05. The van der Waals surface area contributed by atoms with Gasteiger partial charge in [0.25, 0.3) is 0 Å². The fourth-order valence-corrected chi connectivity index (χ4v) is 3.82. The normalized spacial score (nSPS) is 17.9. The summed E-state index contributed by atoms with van der Waals surface area (Å²) in [6, 6.07) is 5.13. The van der Waals surface area contributed by atoms with Gasteiger partial charge in [-0.2, -0.15) is 0 Å². The average Bonchev–Trinajstić information content (AvgIpc) is 3.25. The average molecular weight is 403 g/mol. The van der Waals surface area contributed by atoms with Crippen molar-refractivity contribution in [2.75, 3.05) is 32.8 Å². The number of carbonyl (C=O) groups is 1. The van der Waals surface area contributed by atoms with Crippen molar-refractivity contribution in [3.63, 3.8) is 0 Å². The monoisotopic (exact) mass is 402 g/mol. The number of aliphatic hydroxyl groups is 1. The number of fused-ring (bicyclic) bond motifs is 1. The zero-order valence-electron chi connectivity index (χ0n) is 17.4. The lowest BCUT2D eigenvalue weighted by Gasteiger charge is -2.29. The highest BCUT2D eigenvalue weighted by molar-refractivity contribution is 5.76. The third-order valence-electron chi connectivity index (χ3n) is 5.49. The summed E-state index contributed by atoms with van der Waals surface area (Å²) in [4.78, 5) is 14.7. The van der Waals surface area contributed by atoms with Gasteiger partial charge >= 0.3 is 0 Å². The summed E-state index contributed by atoms with van der Waals surface area (Å²) >= 11 is 0. The molecular weight excluding hydrogens is 368 g/mol. The van der Waals surface area contributed by atoms with E-state index >= 15 is 0 Å². The molecule has 6 nitrogen and oxygen atoms in total. The minimum absolute atomic E-state index is 0.00949. The molecule has 2 aliphatic heterocycles. The quantitative estimate of drug-likeness (QED) is 0.439. The number of amides is 1. The molecule has 2 N–H and O–H groups in total. The summed E-state index contributed by atoms with van der Waals surface area (Å²) < 4.78 is 11.2. The van der Waals surface area contributed by atoms with Crippen molar-refractivity contribution in [2.24, 2.45) is 0 Å². The van der Waals surface area contributed by atoms with Gasteiger partial charge in [0.15, 0.2) is 11.5 Å². The fourth-order valence-electron chi connectivity index (χ4n) is 3.82. The van der Waals surface area contributed by atoms with Crippen LogP contribution in [0.5, 0.6) is 11.5 Å². The Morgan fingerprint density at radius 2 is 1.83 bits per heavy atom. The van der Waals surface area contributed by atoms with Gasteiger partial charge in [0, 0.05) is 26.1 Å². The Kier molecular flexibility index (Phi) is 8.38. The second-order valence-corrected chi connectivity index (χ2v) is 7.88. The maximum absolute atomic E-state index is 12.5. The van der Waals surface area contributed by atoms with E-state index in [2.05, 4.69) is 29.3 Å². The van der Waals surface area contributed by atoms with Crippen molar-refractivity contribution < 1.29 is 19.4 Å². The standard InChI is InChI=1S/C23H34N2O4/c1-2-3-4-5-6-9-22(26)24-19(17-25-12-7-8-13-25)23(27)18-10-11-20-21(16-18)29-15-14-28-20/h7-8,10-11,16,19,23,27H,2-6,9,12-15,17H2,1H3,(H,24,26)/t19-,23?/m1/s1. The van der Waals surface area contributed by atoms with Crippen molar-refractivity contribution in [1.29, 1.82) is 0 Å². The molecule has 160 valence electrons. The van der Waals surface area contributed by atoms with Gasteiger partial charge in [-0.25, -0.2) is 0 Å². The van der Waals surface area contributed by atoms with Crippen LogP contribution in [-0.4, -0.2) is 54.8 Å². The van der Waals surface area contributed by atoms with Crippen LogP contribution < -0.4 is 14.8 Å². The SMILES string of the molecule is CCCCCCCC(=O)N[C@H](CN1CC=CC1)C(O)c1ccc2c(c1)OCCO2. The van der Waals surface area contributed by atoms with E-state index in [4.69, 9.17) is 9.47 Å². The minimum Gasteiger partial charge on any atom is -0.486 e. The molecule has 1 unspecified atom stereocenters. The smallest absolute Gasteiger partial charge is 0.220 e. The molecular formula is C23H34N2O4. The first kappa shape index (κ1) is 21.7. The van der Waals surface area contributed by atoms with Crippen LogP contribution in [-0.2, 0) is 4.79 Å². The van der Waals surface area contributed by atoms with E-state index in [1.54, 1.807) is 0 Å². The first-order valence-corrected chi connectivity index (χ1v) is 10.9. The Bertz CT molecular complexity index is 683. The number of hydrogen-bond donors (Lipinski definition) is 2. The number of benzene rings is 1. The van der Waals surface area contributed by atoms with Gasteiger partial charge in [-0.15, -0.1) is 0 Å². The number of hydrogen-bond acceptors (Lipinski definition) is 5. The molecule has 29 heavy (non-hydrogen) atoms. The number of rotatable bonds is 11. The molecule has 2 aliphatic rings. The molecule has 6 heteroatoms. The van der Waals surface area contributed by atoms with Gasteiger partial charge in [0.05, 0.1) is 6.04 Å². The maximum atomic E-state index is 12.5. The van der Waals surface area contributed by atoms with Gasteiger partial charge in [0.1, 0.15) is 19.3 Å². The molecule has 0 radical (unpaired) electrons. The predicted octanol–water partition coefficient (Wildman–Crippen LogP) is 3.21. The number of ether oxygens (including phenoxy) is 2. The highest BCUT2D eigenvalue weighted by Gasteiger charge is 2.27. The number of unbranched alkanes of at least 4 members (excludes halogenated alkanes) is 4. The topological polar surface area (TPSA) is 71.0 Å². The van der Waals surface area contributed by atoms with E-state index in [-0.39, 0.29) is 11.9 Å². The van der Waals surface area contributed by atoms with E-state index in [1.165, 1.54) is 19.3 Å². The first-order chi connectivity index (χ1) is 14.2. The van der Waals surface area contributed by atoms with E-state index in [0.717, 1.165) is 31.5 Å². The zero-order chi connectivity index (χ0) is 20.5. The summed E-state index contributed by atoms with van der Waals surface area (Å²) in [6.45, 7) is 5.51. The second-order valence-electron chi connectivity index (χ2n) is 7.88. The summed E-state index contributed by atoms with van der Waals surface area (Å²) in [5.74, 6) is 1.36. The Labute approximate surface area is 173 Å². The molecule has 0 saturated heterocycles. The van der Waals surface area contributed by atoms with Crippen molar-refractivity contribution in [3.05, 3.63) is 35.9 Å². The van der Waals surface area contributed by atoms with E-state index in [9.17, 15) is 9.90 Å². The van der Waals surface area contributed by atoms with Gasteiger partial charge in [-0.1, -0.05) is 50.8 Å². The lowest BCUT2D eigenvalue weighted by molar-refractivity contribution is -0.123. The van der Waals surface area contributed by atoms with Crippen LogP contribution >= 0.6 is 0 Å². The van der Waals surface area contributed by atoms with Crippen molar-refractivity contribution in [3.8, 4) is 11.5 Å². The number of carbonyl (C=O) groups excluding carboxylic acids is 1. The molecule has 3 rings (SSSR count). The molecule has 0 aliphatic carbocycles. The van der Waals surface area contributed by atoms with Crippen molar-refractivity contribution in [2.45, 2.75) is 57.6 Å². The van der Waals surface area contributed by atoms with Gasteiger partial charge in [-0.05, 0) is 24.1 Å². The Morgan fingerprint density at radius 1 is 1.10 bits per heavy atom. The second kappa shape index (κ2) is 11.2. The van der Waals surface area contributed by atoms with Gasteiger partial charge in [-0.3, -0.25) is 9.69 Å².